The number of benzene rings is 2. The number of hydrogen-bond acceptors (Lipinski definition) is 4. The van der Waals surface area contributed by atoms with Crippen LogP contribution in [0.2, 0.25) is 0 Å². The van der Waals surface area contributed by atoms with E-state index in [1.54, 1.807) is 12.0 Å². The molecule has 6 heteroatoms. The molecule has 0 saturated carbocycles. The van der Waals surface area contributed by atoms with Gasteiger partial charge in [-0.3, -0.25) is 9.59 Å². The molecular weight excluding hydrogens is 380 g/mol. The first kappa shape index (κ1) is 23.3. The zero-order chi connectivity index (χ0) is 22.1. The predicted octanol–water partition coefficient (Wildman–Crippen LogP) is 3.71. The number of aryl methyl sites for hydroxylation is 1. The van der Waals surface area contributed by atoms with Crippen LogP contribution < -0.4 is 14.8 Å². The fourth-order valence-electron chi connectivity index (χ4n) is 3.09. The Balaban J connectivity index is 2.19. The third-order valence-electron chi connectivity index (χ3n) is 4.71. The molecule has 0 radical (unpaired) electrons. The maximum absolute atomic E-state index is 13.1. The molecule has 0 aliphatic heterocycles. The molecule has 0 spiro atoms. The van der Waals surface area contributed by atoms with Gasteiger partial charge in [-0.15, -0.1) is 0 Å². The fourth-order valence-corrected chi connectivity index (χ4v) is 3.09. The minimum Gasteiger partial charge on any atom is -0.497 e. The molecule has 0 aromatic heterocycles. The Morgan fingerprint density at radius 3 is 2.13 bits per heavy atom. The molecular formula is C24H32N2O4. The van der Waals surface area contributed by atoms with E-state index in [1.807, 2.05) is 76.2 Å². The van der Waals surface area contributed by atoms with Crippen molar-refractivity contribution in [3.8, 4) is 11.5 Å². The van der Waals surface area contributed by atoms with E-state index in [2.05, 4.69) is 5.32 Å². The maximum atomic E-state index is 13.1. The van der Waals surface area contributed by atoms with Crippen molar-refractivity contribution in [2.75, 3.05) is 13.7 Å². The number of carbonyl (C=O) groups excluding carboxylic acids is 2. The molecule has 2 aromatic rings. The van der Waals surface area contributed by atoms with Gasteiger partial charge in [0, 0.05) is 12.6 Å². The summed E-state index contributed by atoms with van der Waals surface area (Å²) in [5.74, 6) is 0.962. The first-order valence-corrected chi connectivity index (χ1v) is 10.3. The van der Waals surface area contributed by atoms with E-state index >= 15 is 0 Å². The van der Waals surface area contributed by atoms with E-state index in [1.165, 1.54) is 0 Å². The molecule has 0 saturated heterocycles. The van der Waals surface area contributed by atoms with Gasteiger partial charge in [-0.1, -0.05) is 36.8 Å². The van der Waals surface area contributed by atoms with E-state index < -0.39 is 6.04 Å². The standard InChI is InChI=1S/C24H32N2O4/c1-6-22(24(28)25-17(2)3)26(15-19-9-13-20(29-5)14-10-19)23(27)16-30-21-11-7-18(4)8-12-21/h7-14,17,22H,6,15-16H2,1-5H3,(H,25,28)/t22-/m1/s1. The lowest BCUT2D eigenvalue weighted by atomic mass is 10.1. The van der Waals surface area contributed by atoms with Crippen molar-refractivity contribution in [2.45, 2.75) is 52.7 Å². The summed E-state index contributed by atoms with van der Waals surface area (Å²) in [6.45, 7) is 7.88. The highest BCUT2D eigenvalue weighted by atomic mass is 16.5. The van der Waals surface area contributed by atoms with Crippen molar-refractivity contribution in [3.05, 3.63) is 59.7 Å². The molecule has 0 aliphatic carbocycles. The summed E-state index contributed by atoms with van der Waals surface area (Å²) in [5.41, 5.74) is 2.03. The SMILES string of the molecule is CC[C@H](C(=O)NC(C)C)N(Cc1ccc(OC)cc1)C(=O)COc1ccc(C)cc1. The van der Waals surface area contributed by atoms with Gasteiger partial charge in [0.1, 0.15) is 17.5 Å². The number of hydrogen-bond donors (Lipinski definition) is 1. The van der Waals surface area contributed by atoms with E-state index in [4.69, 9.17) is 9.47 Å². The average Bonchev–Trinajstić information content (AvgIpc) is 2.73. The summed E-state index contributed by atoms with van der Waals surface area (Å²) in [7, 11) is 1.61. The second-order valence-electron chi connectivity index (χ2n) is 7.56. The summed E-state index contributed by atoms with van der Waals surface area (Å²) in [4.78, 5) is 27.5. The van der Waals surface area contributed by atoms with Crippen LogP contribution in [0.5, 0.6) is 11.5 Å². The molecule has 1 atom stereocenters. The van der Waals surface area contributed by atoms with Gasteiger partial charge in [0.2, 0.25) is 5.91 Å². The van der Waals surface area contributed by atoms with Crippen LogP contribution in [0.25, 0.3) is 0 Å². The quantitative estimate of drug-likeness (QED) is 0.646. The molecule has 0 aliphatic rings. The summed E-state index contributed by atoms with van der Waals surface area (Å²) in [6, 6.07) is 14.4. The van der Waals surface area contributed by atoms with Gasteiger partial charge in [0.15, 0.2) is 6.61 Å². The van der Waals surface area contributed by atoms with E-state index in [-0.39, 0.29) is 24.5 Å². The number of methoxy groups -OCH3 is 1. The smallest absolute Gasteiger partial charge is 0.261 e. The topological polar surface area (TPSA) is 67.9 Å². The Kier molecular flexibility index (Phi) is 8.71. The van der Waals surface area contributed by atoms with Gasteiger partial charge >= 0.3 is 0 Å². The Hall–Kier alpha value is -3.02. The van der Waals surface area contributed by atoms with Crippen LogP contribution in [-0.4, -0.2) is 42.5 Å². The van der Waals surface area contributed by atoms with Crippen molar-refractivity contribution >= 4 is 11.8 Å². The Labute approximate surface area is 179 Å². The number of amides is 2. The van der Waals surface area contributed by atoms with Gasteiger partial charge in [-0.05, 0) is 57.0 Å². The Bertz CT molecular complexity index is 816. The molecule has 2 rings (SSSR count). The highest BCUT2D eigenvalue weighted by Gasteiger charge is 2.29. The minimum absolute atomic E-state index is 0.00621. The highest BCUT2D eigenvalue weighted by Crippen LogP contribution is 2.17. The number of rotatable bonds is 10. The lowest BCUT2D eigenvalue weighted by molar-refractivity contribution is -0.143. The maximum Gasteiger partial charge on any atom is 0.261 e. The third-order valence-corrected chi connectivity index (χ3v) is 4.71. The largest absolute Gasteiger partial charge is 0.497 e. The second-order valence-corrected chi connectivity index (χ2v) is 7.56. The summed E-state index contributed by atoms with van der Waals surface area (Å²) in [5, 5.41) is 2.92. The third kappa shape index (κ3) is 6.79. The van der Waals surface area contributed by atoms with E-state index in [0.29, 0.717) is 18.7 Å². The van der Waals surface area contributed by atoms with Crippen LogP contribution in [0.3, 0.4) is 0 Å². The first-order chi connectivity index (χ1) is 14.3. The fraction of sp³-hybridized carbons (Fsp3) is 0.417. The first-order valence-electron chi connectivity index (χ1n) is 10.3. The number of ether oxygens (including phenoxy) is 2. The summed E-state index contributed by atoms with van der Waals surface area (Å²) < 4.78 is 10.9. The van der Waals surface area contributed by atoms with E-state index in [0.717, 1.165) is 16.9 Å². The van der Waals surface area contributed by atoms with Crippen LogP contribution in [0, 0.1) is 6.92 Å². The molecule has 0 bridgehead atoms. The molecule has 30 heavy (non-hydrogen) atoms. The van der Waals surface area contributed by atoms with Crippen molar-refractivity contribution in [1.82, 2.24) is 10.2 Å². The van der Waals surface area contributed by atoms with Crippen LogP contribution >= 0.6 is 0 Å². The van der Waals surface area contributed by atoms with Gasteiger partial charge < -0.3 is 19.7 Å². The van der Waals surface area contributed by atoms with Gasteiger partial charge in [-0.2, -0.15) is 0 Å². The molecule has 2 aromatic carbocycles. The van der Waals surface area contributed by atoms with Crippen LogP contribution in [0.4, 0.5) is 0 Å². The highest BCUT2D eigenvalue weighted by molar-refractivity contribution is 5.88. The Morgan fingerprint density at radius 1 is 1.00 bits per heavy atom. The van der Waals surface area contributed by atoms with Gasteiger partial charge in [0.05, 0.1) is 7.11 Å². The van der Waals surface area contributed by atoms with Gasteiger partial charge in [0.25, 0.3) is 5.91 Å². The molecule has 0 fully saturated rings. The zero-order valence-corrected chi connectivity index (χ0v) is 18.5. The second kappa shape index (κ2) is 11.2. The predicted molar refractivity (Wildman–Crippen MR) is 118 cm³/mol. The molecule has 1 N–H and O–H groups in total. The van der Waals surface area contributed by atoms with Crippen LogP contribution in [0.15, 0.2) is 48.5 Å². The molecule has 2 amide bonds. The number of carbonyl (C=O) groups is 2. The van der Waals surface area contributed by atoms with Gasteiger partial charge in [-0.25, -0.2) is 0 Å². The minimum atomic E-state index is -0.580. The summed E-state index contributed by atoms with van der Waals surface area (Å²) in [6.07, 6.45) is 0.505. The van der Waals surface area contributed by atoms with Crippen molar-refractivity contribution in [3.63, 3.8) is 0 Å². The Morgan fingerprint density at radius 2 is 1.60 bits per heavy atom. The van der Waals surface area contributed by atoms with Crippen LogP contribution in [0.1, 0.15) is 38.3 Å². The monoisotopic (exact) mass is 412 g/mol. The van der Waals surface area contributed by atoms with Crippen molar-refractivity contribution < 1.29 is 19.1 Å². The molecule has 0 heterocycles. The molecule has 162 valence electrons. The average molecular weight is 413 g/mol. The number of nitrogens with one attached hydrogen (secondary N) is 1. The molecule has 6 nitrogen and oxygen atoms in total. The number of nitrogens with zero attached hydrogens (tertiary/aromatic N) is 1. The lowest BCUT2D eigenvalue weighted by Gasteiger charge is -2.31. The molecule has 0 unspecified atom stereocenters. The normalized spacial score (nSPS) is 11.7. The summed E-state index contributed by atoms with van der Waals surface area (Å²) >= 11 is 0. The van der Waals surface area contributed by atoms with Crippen molar-refractivity contribution in [2.24, 2.45) is 0 Å². The van der Waals surface area contributed by atoms with Crippen molar-refractivity contribution in [1.29, 1.82) is 0 Å². The zero-order valence-electron chi connectivity index (χ0n) is 18.5. The van der Waals surface area contributed by atoms with Crippen LogP contribution in [-0.2, 0) is 16.1 Å². The van der Waals surface area contributed by atoms with E-state index in [9.17, 15) is 9.59 Å². The lowest BCUT2D eigenvalue weighted by Crippen LogP contribution is -2.51.